The number of carbonyl (C=O) groups is 1. The molecule has 1 aromatic carbocycles. The molecule has 150 valence electrons. The molecule has 2 heterocycles. The number of pyridine rings is 1. The molecule has 1 aromatic heterocycles. The fourth-order valence-corrected chi connectivity index (χ4v) is 3.33. The summed E-state index contributed by atoms with van der Waals surface area (Å²) < 4.78 is 42.0. The fraction of sp³-hybridized carbons (Fsp3) is 0.400. The number of aliphatic hydroxyl groups is 1. The lowest BCUT2D eigenvalue weighted by Gasteiger charge is -2.34. The molecule has 1 saturated heterocycles. The molecule has 1 unspecified atom stereocenters. The van der Waals surface area contributed by atoms with E-state index in [9.17, 15) is 23.1 Å². The van der Waals surface area contributed by atoms with Crippen molar-refractivity contribution in [3.8, 4) is 5.88 Å². The molecule has 0 bridgehead atoms. The summed E-state index contributed by atoms with van der Waals surface area (Å²) in [5.74, 6) is -0.726. The van der Waals surface area contributed by atoms with Gasteiger partial charge in [0.1, 0.15) is 5.56 Å². The van der Waals surface area contributed by atoms with Gasteiger partial charge in [-0.15, -0.1) is 0 Å². The Morgan fingerprint density at radius 3 is 2.50 bits per heavy atom. The Labute approximate surface area is 160 Å². The van der Waals surface area contributed by atoms with Gasteiger partial charge in [-0.1, -0.05) is 30.3 Å². The highest BCUT2D eigenvalue weighted by molar-refractivity contribution is 5.96. The number of hydrogen-bond donors (Lipinski definition) is 1. The van der Waals surface area contributed by atoms with Crippen molar-refractivity contribution in [2.75, 3.05) is 19.7 Å². The molecule has 0 aliphatic carbocycles. The van der Waals surface area contributed by atoms with Crippen molar-refractivity contribution in [2.45, 2.75) is 25.1 Å². The minimum atomic E-state index is -4.51. The summed E-state index contributed by atoms with van der Waals surface area (Å²) in [5.41, 5.74) is 0.844. The number of amides is 1. The zero-order valence-electron chi connectivity index (χ0n) is 15.1. The van der Waals surface area contributed by atoms with E-state index in [2.05, 4.69) is 4.98 Å². The normalized spacial score (nSPS) is 16.6. The molecule has 5 nitrogen and oxygen atoms in total. The number of halogens is 3. The van der Waals surface area contributed by atoms with Gasteiger partial charge in [0.05, 0.1) is 6.10 Å². The second-order valence-electron chi connectivity index (χ2n) is 6.75. The topological polar surface area (TPSA) is 62.7 Å². The van der Waals surface area contributed by atoms with Crippen LogP contribution in [0.25, 0.3) is 0 Å². The number of rotatable bonds is 5. The number of alkyl halides is 3. The van der Waals surface area contributed by atoms with Crippen LogP contribution < -0.4 is 4.74 Å². The van der Waals surface area contributed by atoms with Gasteiger partial charge in [-0.25, -0.2) is 4.98 Å². The van der Waals surface area contributed by atoms with E-state index in [1.807, 2.05) is 30.3 Å². The standard InChI is InChI=1S/C20H21F3N2O3/c21-20(22,23)13-28-18-16(7-4-10-24-18)19(27)25-11-8-15(9-12-25)17(26)14-5-2-1-3-6-14/h1-7,10,15,17,26H,8-9,11-13H2. The first-order chi connectivity index (χ1) is 13.3. The van der Waals surface area contributed by atoms with Crippen LogP contribution in [0.2, 0.25) is 0 Å². The van der Waals surface area contributed by atoms with Crippen molar-refractivity contribution in [3.05, 3.63) is 59.8 Å². The average Bonchev–Trinajstić information content (AvgIpc) is 2.71. The maximum absolute atomic E-state index is 12.8. The van der Waals surface area contributed by atoms with Gasteiger partial charge in [0, 0.05) is 19.3 Å². The predicted octanol–water partition coefficient (Wildman–Crippen LogP) is 3.61. The number of likely N-dealkylation sites (tertiary alicyclic amines) is 1. The minimum absolute atomic E-state index is 0.00816. The monoisotopic (exact) mass is 394 g/mol. The van der Waals surface area contributed by atoms with Crippen molar-refractivity contribution in [1.82, 2.24) is 9.88 Å². The van der Waals surface area contributed by atoms with Crippen LogP contribution in [0.5, 0.6) is 5.88 Å². The maximum atomic E-state index is 12.8. The van der Waals surface area contributed by atoms with Crippen LogP contribution in [0.4, 0.5) is 13.2 Å². The van der Waals surface area contributed by atoms with Crippen molar-refractivity contribution >= 4 is 5.91 Å². The Hall–Kier alpha value is -2.61. The summed E-state index contributed by atoms with van der Waals surface area (Å²) in [6, 6.07) is 12.2. The van der Waals surface area contributed by atoms with E-state index in [0.717, 1.165) is 5.56 Å². The molecule has 1 N–H and O–H groups in total. The van der Waals surface area contributed by atoms with Gasteiger partial charge in [-0.2, -0.15) is 13.2 Å². The third-order valence-corrected chi connectivity index (χ3v) is 4.79. The predicted molar refractivity (Wildman–Crippen MR) is 95.8 cm³/mol. The van der Waals surface area contributed by atoms with E-state index in [1.54, 1.807) is 4.90 Å². The first-order valence-corrected chi connectivity index (χ1v) is 9.02. The average molecular weight is 394 g/mol. The molecule has 8 heteroatoms. The van der Waals surface area contributed by atoms with Gasteiger partial charge < -0.3 is 14.7 Å². The lowest BCUT2D eigenvalue weighted by molar-refractivity contribution is -0.154. The Morgan fingerprint density at radius 1 is 1.18 bits per heavy atom. The maximum Gasteiger partial charge on any atom is 0.422 e. The molecule has 1 aliphatic rings. The molecular weight excluding hydrogens is 373 g/mol. The molecule has 3 rings (SSSR count). The summed E-state index contributed by atoms with van der Waals surface area (Å²) in [4.78, 5) is 18.1. The minimum Gasteiger partial charge on any atom is -0.467 e. The van der Waals surface area contributed by atoms with Crippen molar-refractivity contribution in [2.24, 2.45) is 5.92 Å². The number of aromatic nitrogens is 1. The first kappa shape index (κ1) is 20.1. The summed E-state index contributed by atoms with van der Waals surface area (Å²) in [5, 5.41) is 10.5. The molecule has 2 aromatic rings. The number of aliphatic hydroxyl groups excluding tert-OH is 1. The van der Waals surface area contributed by atoms with Crippen LogP contribution >= 0.6 is 0 Å². The molecule has 0 spiro atoms. The van der Waals surface area contributed by atoms with E-state index in [-0.39, 0.29) is 17.4 Å². The van der Waals surface area contributed by atoms with Crippen molar-refractivity contribution in [1.29, 1.82) is 0 Å². The molecule has 0 saturated carbocycles. The zero-order chi connectivity index (χ0) is 20.1. The van der Waals surface area contributed by atoms with E-state index in [0.29, 0.717) is 25.9 Å². The highest BCUT2D eigenvalue weighted by Gasteiger charge is 2.32. The van der Waals surface area contributed by atoms with Crippen LogP contribution in [0.3, 0.4) is 0 Å². The molecule has 1 amide bonds. The number of carbonyl (C=O) groups excluding carboxylic acids is 1. The molecule has 1 aliphatic heterocycles. The van der Waals surface area contributed by atoms with Crippen LogP contribution in [-0.4, -0.2) is 46.8 Å². The molecule has 0 radical (unpaired) electrons. The molecule has 28 heavy (non-hydrogen) atoms. The number of nitrogens with zero attached hydrogens (tertiary/aromatic N) is 2. The lowest BCUT2D eigenvalue weighted by atomic mass is 9.87. The largest absolute Gasteiger partial charge is 0.467 e. The Bertz CT molecular complexity index is 791. The van der Waals surface area contributed by atoms with Gasteiger partial charge in [0.25, 0.3) is 5.91 Å². The fourth-order valence-electron chi connectivity index (χ4n) is 3.33. The number of benzene rings is 1. The SMILES string of the molecule is O=C(c1cccnc1OCC(F)(F)F)N1CCC(C(O)c2ccccc2)CC1. The highest BCUT2D eigenvalue weighted by atomic mass is 19.4. The summed E-state index contributed by atoms with van der Waals surface area (Å²) in [6.07, 6.45) is -2.64. The number of piperidine rings is 1. The molecular formula is C20H21F3N2O3. The quantitative estimate of drug-likeness (QED) is 0.842. The van der Waals surface area contributed by atoms with Crippen LogP contribution in [0, 0.1) is 5.92 Å². The summed E-state index contributed by atoms with van der Waals surface area (Å²) in [6.45, 7) is -0.697. The smallest absolute Gasteiger partial charge is 0.422 e. The molecule has 1 atom stereocenters. The number of hydrogen-bond acceptors (Lipinski definition) is 4. The van der Waals surface area contributed by atoms with Gasteiger partial charge in [0.15, 0.2) is 6.61 Å². The van der Waals surface area contributed by atoms with Crippen LogP contribution in [0.1, 0.15) is 34.9 Å². The van der Waals surface area contributed by atoms with Gasteiger partial charge >= 0.3 is 6.18 Å². The zero-order valence-corrected chi connectivity index (χ0v) is 15.1. The summed E-state index contributed by atoms with van der Waals surface area (Å²) in [7, 11) is 0. The van der Waals surface area contributed by atoms with Gasteiger partial charge in [-0.3, -0.25) is 4.79 Å². The van der Waals surface area contributed by atoms with Crippen LogP contribution in [-0.2, 0) is 0 Å². The third-order valence-electron chi connectivity index (χ3n) is 4.79. The third kappa shape index (κ3) is 5.01. The van der Waals surface area contributed by atoms with Crippen molar-refractivity contribution in [3.63, 3.8) is 0 Å². The van der Waals surface area contributed by atoms with Gasteiger partial charge in [-0.05, 0) is 36.5 Å². The number of ether oxygens (including phenoxy) is 1. The molecule has 1 fully saturated rings. The second kappa shape index (κ2) is 8.60. The lowest BCUT2D eigenvalue weighted by Crippen LogP contribution is -2.40. The van der Waals surface area contributed by atoms with Gasteiger partial charge in [0.2, 0.25) is 5.88 Å². The van der Waals surface area contributed by atoms with E-state index < -0.39 is 24.8 Å². The highest BCUT2D eigenvalue weighted by Crippen LogP contribution is 2.31. The Kier molecular flexibility index (Phi) is 6.18. The van der Waals surface area contributed by atoms with Crippen molar-refractivity contribution < 1.29 is 27.8 Å². The van der Waals surface area contributed by atoms with E-state index in [4.69, 9.17) is 4.74 Å². The van der Waals surface area contributed by atoms with Crippen LogP contribution in [0.15, 0.2) is 48.7 Å². The second-order valence-corrected chi connectivity index (χ2v) is 6.75. The Morgan fingerprint density at radius 2 is 1.86 bits per heavy atom. The summed E-state index contributed by atoms with van der Waals surface area (Å²) >= 11 is 0. The first-order valence-electron chi connectivity index (χ1n) is 9.02. The Balaban J connectivity index is 1.63. The van der Waals surface area contributed by atoms with E-state index in [1.165, 1.54) is 18.3 Å². The van der Waals surface area contributed by atoms with E-state index >= 15 is 0 Å².